The zero-order chi connectivity index (χ0) is 10.2. The van der Waals surface area contributed by atoms with Crippen molar-refractivity contribution >= 4 is 17.4 Å². The summed E-state index contributed by atoms with van der Waals surface area (Å²) in [7, 11) is 1.68. The Bertz CT molecular complexity index is 248. The molecule has 0 aliphatic carbocycles. The molecule has 2 nitrogen and oxygen atoms in total. The number of ether oxygens (including phenoxy) is 1. The van der Waals surface area contributed by atoms with Crippen LogP contribution in [0.5, 0.6) is 5.75 Å². The van der Waals surface area contributed by atoms with Gasteiger partial charge in [0.25, 0.3) is 0 Å². The SMILES string of the molecule is CCSCCNc1ccc(OC)cc1. The molecule has 1 N–H and O–H groups in total. The van der Waals surface area contributed by atoms with E-state index in [0.717, 1.165) is 23.7 Å². The minimum atomic E-state index is 0.901. The lowest BCUT2D eigenvalue weighted by molar-refractivity contribution is 0.415. The highest BCUT2D eigenvalue weighted by atomic mass is 32.2. The molecule has 0 amide bonds. The third kappa shape index (κ3) is 3.92. The van der Waals surface area contributed by atoms with Gasteiger partial charge in [-0.2, -0.15) is 11.8 Å². The molecule has 3 heteroatoms. The predicted molar refractivity (Wildman–Crippen MR) is 64.5 cm³/mol. The molecule has 78 valence electrons. The molecule has 0 aliphatic rings. The predicted octanol–water partition coefficient (Wildman–Crippen LogP) is 2.86. The van der Waals surface area contributed by atoms with Crippen molar-refractivity contribution in [3.63, 3.8) is 0 Å². The van der Waals surface area contributed by atoms with E-state index in [1.54, 1.807) is 7.11 Å². The Morgan fingerprint density at radius 2 is 2.00 bits per heavy atom. The first-order valence-electron chi connectivity index (χ1n) is 4.82. The van der Waals surface area contributed by atoms with Crippen LogP contribution in [0.25, 0.3) is 0 Å². The second kappa shape index (κ2) is 6.60. The average molecular weight is 211 g/mol. The van der Waals surface area contributed by atoms with E-state index in [1.807, 2.05) is 36.0 Å². The zero-order valence-electron chi connectivity index (χ0n) is 8.75. The Labute approximate surface area is 90.0 Å². The van der Waals surface area contributed by atoms with Gasteiger partial charge in [0.2, 0.25) is 0 Å². The number of nitrogens with one attached hydrogen (secondary N) is 1. The zero-order valence-corrected chi connectivity index (χ0v) is 9.56. The molecule has 1 aromatic carbocycles. The summed E-state index contributed by atoms with van der Waals surface area (Å²) in [5, 5.41) is 3.35. The van der Waals surface area contributed by atoms with Gasteiger partial charge in [-0.15, -0.1) is 0 Å². The standard InChI is InChI=1S/C11H17NOS/c1-3-14-9-8-12-10-4-6-11(13-2)7-5-10/h4-7,12H,3,8-9H2,1-2H3. The van der Waals surface area contributed by atoms with Crippen LogP contribution in [0.3, 0.4) is 0 Å². The van der Waals surface area contributed by atoms with E-state index in [9.17, 15) is 0 Å². The number of rotatable bonds is 6. The summed E-state index contributed by atoms with van der Waals surface area (Å²) >= 11 is 1.95. The average Bonchev–Trinajstić information content (AvgIpc) is 2.25. The van der Waals surface area contributed by atoms with E-state index in [2.05, 4.69) is 12.2 Å². The van der Waals surface area contributed by atoms with Crippen LogP contribution in [0, 0.1) is 0 Å². The molecule has 0 heterocycles. The van der Waals surface area contributed by atoms with Crippen LogP contribution in [-0.2, 0) is 0 Å². The molecule has 0 bridgehead atoms. The molecule has 14 heavy (non-hydrogen) atoms. The lowest BCUT2D eigenvalue weighted by Crippen LogP contribution is -2.03. The van der Waals surface area contributed by atoms with Gasteiger partial charge in [-0.25, -0.2) is 0 Å². The molecular weight excluding hydrogens is 194 g/mol. The van der Waals surface area contributed by atoms with Gasteiger partial charge in [0.15, 0.2) is 0 Å². The maximum Gasteiger partial charge on any atom is 0.119 e. The van der Waals surface area contributed by atoms with Gasteiger partial charge in [-0.3, -0.25) is 0 Å². The third-order valence-corrected chi connectivity index (χ3v) is 2.77. The molecule has 1 rings (SSSR count). The second-order valence-corrected chi connectivity index (χ2v) is 4.25. The summed E-state index contributed by atoms with van der Waals surface area (Å²) in [6.07, 6.45) is 0. The highest BCUT2D eigenvalue weighted by Gasteiger charge is 1.92. The van der Waals surface area contributed by atoms with Crippen LogP contribution in [0.15, 0.2) is 24.3 Å². The van der Waals surface area contributed by atoms with Crippen LogP contribution in [0.4, 0.5) is 5.69 Å². The second-order valence-electron chi connectivity index (χ2n) is 2.85. The first kappa shape index (κ1) is 11.2. The van der Waals surface area contributed by atoms with E-state index in [4.69, 9.17) is 4.74 Å². The monoisotopic (exact) mass is 211 g/mol. The molecule has 0 aliphatic heterocycles. The van der Waals surface area contributed by atoms with Gasteiger partial charge in [0, 0.05) is 18.0 Å². The molecule has 0 radical (unpaired) electrons. The van der Waals surface area contributed by atoms with E-state index >= 15 is 0 Å². The highest BCUT2D eigenvalue weighted by Crippen LogP contribution is 2.14. The summed E-state index contributed by atoms with van der Waals surface area (Å²) in [6, 6.07) is 8.01. The topological polar surface area (TPSA) is 21.3 Å². The van der Waals surface area contributed by atoms with Crippen LogP contribution in [0.2, 0.25) is 0 Å². The number of anilines is 1. The van der Waals surface area contributed by atoms with Crippen molar-refractivity contribution in [2.45, 2.75) is 6.92 Å². The minimum absolute atomic E-state index is 0.901. The van der Waals surface area contributed by atoms with E-state index in [0.29, 0.717) is 0 Å². The fourth-order valence-corrected chi connectivity index (χ4v) is 1.66. The Hall–Kier alpha value is -0.830. The normalized spacial score (nSPS) is 9.86. The summed E-state index contributed by atoms with van der Waals surface area (Å²) in [5.74, 6) is 3.24. The molecule has 0 atom stereocenters. The van der Waals surface area contributed by atoms with Gasteiger partial charge in [-0.1, -0.05) is 6.92 Å². The van der Waals surface area contributed by atoms with Gasteiger partial charge >= 0.3 is 0 Å². The minimum Gasteiger partial charge on any atom is -0.497 e. The largest absolute Gasteiger partial charge is 0.497 e. The van der Waals surface area contributed by atoms with Crippen LogP contribution < -0.4 is 10.1 Å². The number of hydrogen-bond acceptors (Lipinski definition) is 3. The summed E-state index contributed by atoms with van der Waals surface area (Å²) < 4.78 is 5.08. The maximum absolute atomic E-state index is 5.08. The maximum atomic E-state index is 5.08. The van der Waals surface area contributed by atoms with Crippen molar-refractivity contribution in [1.29, 1.82) is 0 Å². The Morgan fingerprint density at radius 1 is 1.29 bits per heavy atom. The van der Waals surface area contributed by atoms with E-state index in [1.165, 1.54) is 5.75 Å². The van der Waals surface area contributed by atoms with Crippen molar-refractivity contribution < 1.29 is 4.74 Å². The van der Waals surface area contributed by atoms with Crippen LogP contribution in [0.1, 0.15) is 6.92 Å². The third-order valence-electron chi connectivity index (χ3n) is 1.87. The Kier molecular flexibility index (Phi) is 5.30. The fourth-order valence-electron chi connectivity index (χ4n) is 1.12. The fraction of sp³-hybridized carbons (Fsp3) is 0.455. The van der Waals surface area contributed by atoms with Gasteiger partial charge < -0.3 is 10.1 Å². The van der Waals surface area contributed by atoms with Crippen molar-refractivity contribution in [3.8, 4) is 5.75 Å². The quantitative estimate of drug-likeness (QED) is 0.731. The lowest BCUT2D eigenvalue weighted by Gasteiger charge is -2.06. The molecule has 0 aromatic heterocycles. The molecule has 0 fully saturated rings. The van der Waals surface area contributed by atoms with E-state index < -0.39 is 0 Å². The molecule has 0 unspecified atom stereocenters. The smallest absolute Gasteiger partial charge is 0.119 e. The van der Waals surface area contributed by atoms with Crippen molar-refractivity contribution in [1.82, 2.24) is 0 Å². The summed E-state index contributed by atoms with van der Waals surface area (Å²) in [6.45, 7) is 3.20. The molecule has 0 saturated heterocycles. The lowest BCUT2D eigenvalue weighted by atomic mass is 10.3. The molecular formula is C11H17NOS. The molecule has 1 aromatic rings. The van der Waals surface area contributed by atoms with Crippen molar-refractivity contribution in [2.75, 3.05) is 30.5 Å². The summed E-state index contributed by atoms with van der Waals surface area (Å²) in [5.41, 5.74) is 1.16. The highest BCUT2D eigenvalue weighted by molar-refractivity contribution is 7.99. The number of methoxy groups -OCH3 is 1. The Morgan fingerprint density at radius 3 is 2.57 bits per heavy atom. The number of hydrogen-bond donors (Lipinski definition) is 1. The van der Waals surface area contributed by atoms with Crippen LogP contribution in [-0.4, -0.2) is 25.2 Å². The molecule has 0 saturated carbocycles. The first-order valence-corrected chi connectivity index (χ1v) is 5.98. The van der Waals surface area contributed by atoms with Crippen molar-refractivity contribution in [2.24, 2.45) is 0 Å². The van der Waals surface area contributed by atoms with Gasteiger partial charge in [0.1, 0.15) is 5.75 Å². The Balaban J connectivity index is 2.29. The molecule has 0 spiro atoms. The number of thioether (sulfide) groups is 1. The first-order chi connectivity index (χ1) is 6.86. The van der Waals surface area contributed by atoms with Gasteiger partial charge in [0.05, 0.1) is 7.11 Å². The van der Waals surface area contributed by atoms with E-state index in [-0.39, 0.29) is 0 Å². The van der Waals surface area contributed by atoms with Gasteiger partial charge in [-0.05, 0) is 30.0 Å². The number of benzene rings is 1. The summed E-state index contributed by atoms with van der Waals surface area (Å²) in [4.78, 5) is 0. The van der Waals surface area contributed by atoms with Crippen molar-refractivity contribution in [3.05, 3.63) is 24.3 Å². The van der Waals surface area contributed by atoms with Crippen LogP contribution >= 0.6 is 11.8 Å².